The number of hydrogen-bond donors (Lipinski definition) is 0. The first-order chi connectivity index (χ1) is 6.93. The number of carbonyl (C=O) groups excluding carboxylic acids is 1. The Labute approximate surface area is 91.9 Å². The van der Waals surface area contributed by atoms with Crippen LogP contribution in [0.1, 0.15) is 47.5 Å². The Morgan fingerprint density at radius 2 is 1.93 bits per heavy atom. The zero-order valence-electron chi connectivity index (χ0n) is 10.3. The molecule has 0 aromatic carbocycles. The minimum absolute atomic E-state index is 0.179. The summed E-state index contributed by atoms with van der Waals surface area (Å²) in [5, 5.41) is 8.29. The van der Waals surface area contributed by atoms with Crippen LogP contribution in [0.3, 0.4) is 0 Å². The number of rotatable bonds is 6. The Balaban J connectivity index is 4.64. The molecule has 15 heavy (non-hydrogen) atoms. The second-order valence-corrected chi connectivity index (χ2v) is 4.49. The normalized spacial score (nSPS) is 17.5. The van der Waals surface area contributed by atoms with Crippen LogP contribution in [-0.4, -0.2) is 17.8 Å². The van der Waals surface area contributed by atoms with E-state index in [4.69, 9.17) is 0 Å². The first-order valence-electron chi connectivity index (χ1n) is 5.44. The van der Waals surface area contributed by atoms with Crippen molar-refractivity contribution in [2.45, 2.75) is 59.2 Å². The standard InChI is InChI=1S/C11H21N3O/c1-6-10(4)13-14-11(5,12-8-15)7-9(2)3/h9-10H,6-7H2,1-5H3. The van der Waals surface area contributed by atoms with Crippen molar-refractivity contribution in [3.63, 3.8) is 0 Å². The SMILES string of the molecule is CCC(C)N=NC(C)(CC(C)C)N=C=O. The van der Waals surface area contributed by atoms with Crippen molar-refractivity contribution in [3.05, 3.63) is 0 Å². The molecular weight excluding hydrogens is 190 g/mol. The van der Waals surface area contributed by atoms with E-state index in [1.54, 1.807) is 6.08 Å². The van der Waals surface area contributed by atoms with Gasteiger partial charge in [0.25, 0.3) is 0 Å². The summed E-state index contributed by atoms with van der Waals surface area (Å²) in [6, 6.07) is 0.179. The number of nitrogens with zero attached hydrogens (tertiary/aromatic N) is 3. The molecule has 2 atom stereocenters. The van der Waals surface area contributed by atoms with Gasteiger partial charge in [0.1, 0.15) is 0 Å². The summed E-state index contributed by atoms with van der Waals surface area (Å²) in [6.07, 6.45) is 3.22. The second-order valence-electron chi connectivity index (χ2n) is 4.49. The molecule has 2 unspecified atom stereocenters. The lowest BCUT2D eigenvalue weighted by molar-refractivity contribution is 0.361. The molecular formula is C11H21N3O. The van der Waals surface area contributed by atoms with Gasteiger partial charge in [0.15, 0.2) is 5.66 Å². The van der Waals surface area contributed by atoms with Crippen LogP contribution >= 0.6 is 0 Å². The molecule has 0 aliphatic carbocycles. The van der Waals surface area contributed by atoms with Gasteiger partial charge < -0.3 is 0 Å². The Hall–Kier alpha value is -1.02. The van der Waals surface area contributed by atoms with Crippen molar-refractivity contribution in [2.24, 2.45) is 21.1 Å². The fourth-order valence-electron chi connectivity index (χ4n) is 1.29. The predicted octanol–water partition coefficient (Wildman–Crippen LogP) is 3.34. The highest BCUT2D eigenvalue weighted by molar-refractivity contribution is 5.34. The van der Waals surface area contributed by atoms with Gasteiger partial charge in [-0.3, -0.25) is 0 Å². The van der Waals surface area contributed by atoms with Gasteiger partial charge in [-0.25, -0.2) is 4.79 Å². The molecule has 0 spiro atoms. The molecule has 0 aliphatic rings. The number of hydrogen-bond acceptors (Lipinski definition) is 4. The van der Waals surface area contributed by atoms with Crippen molar-refractivity contribution < 1.29 is 4.79 Å². The van der Waals surface area contributed by atoms with Gasteiger partial charge in [-0.1, -0.05) is 20.8 Å². The maximum atomic E-state index is 10.3. The van der Waals surface area contributed by atoms with E-state index in [2.05, 4.69) is 29.1 Å². The highest BCUT2D eigenvalue weighted by Crippen LogP contribution is 2.23. The first kappa shape index (κ1) is 14.0. The Bertz CT molecular complexity index is 257. The van der Waals surface area contributed by atoms with Crippen LogP contribution < -0.4 is 0 Å². The summed E-state index contributed by atoms with van der Waals surface area (Å²) in [6.45, 7) is 9.98. The molecule has 0 saturated carbocycles. The summed E-state index contributed by atoms with van der Waals surface area (Å²) < 4.78 is 0. The highest BCUT2D eigenvalue weighted by Gasteiger charge is 2.24. The fraction of sp³-hybridized carbons (Fsp3) is 0.909. The van der Waals surface area contributed by atoms with Crippen molar-refractivity contribution >= 4 is 6.08 Å². The van der Waals surface area contributed by atoms with E-state index in [0.29, 0.717) is 12.3 Å². The van der Waals surface area contributed by atoms with Crippen LogP contribution in [0.2, 0.25) is 0 Å². The molecule has 0 bridgehead atoms. The minimum Gasteiger partial charge on any atom is -0.211 e. The van der Waals surface area contributed by atoms with Gasteiger partial charge in [-0.2, -0.15) is 15.2 Å². The van der Waals surface area contributed by atoms with Gasteiger partial charge in [-0.05, 0) is 32.6 Å². The average molecular weight is 211 g/mol. The fourth-order valence-corrected chi connectivity index (χ4v) is 1.29. The minimum atomic E-state index is -0.737. The van der Waals surface area contributed by atoms with E-state index >= 15 is 0 Å². The molecule has 0 saturated heterocycles. The second kappa shape index (κ2) is 6.46. The van der Waals surface area contributed by atoms with E-state index in [-0.39, 0.29) is 6.04 Å². The highest BCUT2D eigenvalue weighted by atomic mass is 16.1. The van der Waals surface area contributed by atoms with Gasteiger partial charge in [0.05, 0.1) is 6.04 Å². The van der Waals surface area contributed by atoms with E-state index in [1.165, 1.54) is 0 Å². The smallest absolute Gasteiger partial charge is 0.211 e. The summed E-state index contributed by atoms with van der Waals surface area (Å²) >= 11 is 0. The summed E-state index contributed by atoms with van der Waals surface area (Å²) in [5.74, 6) is 0.419. The molecule has 4 nitrogen and oxygen atoms in total. The lowest BCUT2D eigenvalue weighted by Gasteiger charge is -2.19. The first-order valence-corrected chi connectivity index (χ1v) is 5.44. The summed E-state index contributed by atoms with van der Waals surface area (Å²) in [7, 11) is 0. The van der Waals surface area contributed by atoms with Gasteiger partial charge in [0, 0.05) is 0 Å². The molecule has 0 aromatic heterocycles. The third-order valence-electron chi connectivity index (χ3n) is 2.14. The largest absolute Gasteiger partial charge is 0.237 e. The molecule has 0 aromatic rings. The molecule has 0 N–H and O–H groups in total. The van der Waals surface area contributed by atoms with Gasteiger partial charge in [-0.15, -0.1) is 0 Å². The Kier molecular flexibility index (Phi) is 6.02. The van der Waals surface area contributed by atoms with Crippen LogP contribution in [-0.2, 0) is 4.79 Å². The molecule has 0 heterocycles. The van der Waals surface area contributed by atoms with E-state index in [0.717, 1.165) is 6.42 Å². The van der Waals surface area contributed by atoms with Crippen molar-refractivity contribution in [1.29, 1.82) is 0 Å². The lowest BCUT2D eigenvalue weighted by Crippen LogP contribution is -2.21. The maximum absolute atomic E-state index is 10.3. The Morgan fingerprint density at radius 3 is 2.33 bits per heavy atom. The molecule has 4 heteroatoms. The quantitative estimate of drug-likeness (QED) is 0.377. The third-order valence-corrected chi connectivity index (χ3v) is 2.14. The van der Waals surface area contributed by atoms with Gasteiger partial charge in [0.2, 0.25) is 6.08 Å². The predicted molar refractivity (Wildman–Crippen MR) is 60.6 cm³/mol. The van der Waals surface area contributed by atoms with Crippen LogP contribution in [0, 0.1) is 5.92 Å². The molecule has 86 valence electrons. The van der Waals surface area contributed by atoms with Crippen molar-refractivity contribution in [2.75, 3.05) is 0 Å². The van der Waals surface area contributed by atoms with Crippen LogP contribution in [0.5, 0.6) is 0 Å². The monoisotopic (exact) mass is 211 g/mol. The van der Waals surface area contributed by atoms with Crippen molar-refractivity contribution in [1.82, 2.24) is 0 Å². The van der Waals surface area contributed by atoms with Crippen LogP contribution in [0.15, 0.2) is 15.2 Å². The molecule has 0 amide bonds. The van der Waals surface area contributed by atoms with Crippen LogP contribution in [0.4, 0.5) is 0 Å². The number of azo groups is 1. The lowest BCUT2D eigenvalue weighted by atomic mass is 10.0. The summed E-state index contributed by atoms with van der Waals surface area (Å²) in [4.78, 5) is 14.1. The van der Waals surface area contributed by atoms with Crippen LogP contribution in [0.25, 0.3) is 0 Å². The Morgan fingerprint density at radius 1 is 1.33 bits per heavy atom. The third kappa shape index (κ3) is 6.13. The zero-order chi connectivity index (χ0) is 11.9. The molecule has 0 fully saturated rings. The van der Waals surface area contributed by atoms with Gasteiger partial charge >= 0.3 is 0 Å². The average Bonchev–Trinajstić information content (AvgIpc) is 2.13. The zero-order valence-corrected chi connectivity index (χ0v) is 10.3. The number of isocyanates is 1. The van der Waals surface area contributed by atoms with E-state index in [1.807, 2.05) is 20.8 Å². The molecule has 0 aliphatic heterocycles. The van der Waals surface area contributed by atoms with E-state index in [9.17, 15) is 4.79 Å². The number of aliphatic imine (C=N–C) groups is 1. The van der Waals surface area contributed by atoms with E-state index < -0.39 is 5.66 Å². The van der Waals surface area contributed by atoms with Crippen molar-refractivity contribution in [3.8, 4) is 0 Å². The molecule has 0 radical (unpaired) electrons. The maximum Gasteiger partial charge on any atom is 0.237 e. The topological polar surface area (TPSA) is 54.1 Å². The molecule has 0 rings (SSSR count). The summed E-state index contributed by atoms with van der Waals surface area (Å²) in [5.41, 5.74) is -0.737.